The van der Waals surface area contributed by atoms with Crippen molar-refractivity contribution in [3.63, 3.8) is 0 Å². The Bertz CT molecular complexity index is 1120. The Morgan fingerprint density at radius 2 is 1.47 bits per heavy atom. The molecule has 0 bridgehead atoms. The van der Waals surface area contributed by atoms with Gasteiger partial charge in [-0.2, -0.15) is 5.10 Å². The predicted octanol–water partition coefficient (Wildman–Crippen LogP) is 6.42. The molecule has 0 aliphatic rings. The van der Waals surface area contributed by atoms with Crippen molar-refractivity contribution < 1.29 is 8.78 Å². The standard InChI is InChI=1S/C15H15F.C10H10FN3/c1-11(2)13-8-9-15(16)14(10-13)12-6-4-3-5-7-12;1-14-6-7(5-13-14)9-4-8(12)2-3-10(9)11/h3-11H,1-2H3;2-6H,12H2,1H3. The molecule has 0 atom stereocenters. The summed E-state index contributed by atoms with van der Waals surface area (Å²) in [5.74, 6) is -0.0223. The summed E-state index contributed by atoms with van der Waals surface area (Å²) in [6.45, 7) is 4.23. The van der Waals surface area contributed by atoms with Gasteiger partial charge in [-0.25, -0.2) is 8.78 Å². The quantitative estimate of drug-likeness (QED) is 0.400. The first-order valence-corrected chi connectivity index (χ1v) is 9.74. The number of hydrogen-bond acceptors (Lipinski definition) is 2. The fourth-order valence-corrected chi connectivity index (χ4v) is 3.07. The van der Waals surface area contributed by atoms with Gasteiger partial charge in [0.15, 0.2) is 0 Å². The molecule has 1 heterocycles. The molecule has 2 N–H and O–H groups in total. The Morgan fingerprint density at radius 1 is 0.833 bits per heavy atom. The Morgan fingerprint density at radius 3 is 2.07 bits per heavy atom. The van der Waals surface area contributed by atoms with E-state index in [-0.39, 0.29) is 11.6 Å². The number of aromatic nitrogens is 2. The second kappa shape index (κ2) is 9.35. The lowest BCUT2D eigenvalue weighted by atomic mass is 9.97. The molecule has 4 rings (SSSR count). The summed E-state index contributed by atoms with van der Waals surface area (Å²) in [4.78, 5) is 0. The Balaban J connectivity index is 0.000000172. The van der Waals surface area contributed by atoms with Crippen molar-refractivity contribution in [2.24, 2.45) is 7.05 Å². The third kappa shape index (κ3) is 5.11. The molecular formula is C25H25F2N3. The van der Waals surface area contributed by atoms with Crippen LogP contribution in [0.4, 0.5) is 14.5 Å². The highest BCUT2D eigenvalue weighted by atomic mass is 19.1. The minimum atomic E-state index is -0.285. The summed E-state index contributed by atoms with van der Waals surface area (Å²) < 4.78 is 28.7. The molecule has 0 amide bonds. The molecule has 0 fully saturated rings. The average Bonchev–Trinajstić information content (AvgIpc) is 3.17. The van der Waals surface area contributed by atoms with E-state index in [1.165, 1.54) is 17.7 Å². The molecule has 0 unspecified atom stereocenters. The SMILES string of the molecule is CC(C)c1ccc(F)c(-c2ccccc2)c1.Cn1cc(-c2cc(N)ccc2F)cn1. The van der Waals surface area contributed by atoms with Crippen molar-refractivity contribution in [3.8, 4) is 22.3 Å². The van der Waals surface area contributed by atoms with E-state index in [1.54, 1.807) is 36.3 Å². The zero-order valence-electron chi connectivity index (χ0n) is 17.3. The van der Waals surface area contributed by atoms with E-state index >= 15 is 0 Å². The number of rotatable bonds is 3. The maximum atomic E-state index is 13.7. The summed E-state index contributed by atoms with van der Waals surface area (Å²) in [6, 6.07) is 19.5. The second-order valence-electron chi connectivity index (χ2n) is 7.40. The molecule has 1 aromatic heterocycles. The van der Waals surface area contributed by atoms with Crippen LogP contribution in [-0.4, -0.2) is 9.78 Å². The fraction of sp³-hybridized carbons (Fsp3) is 0.160. The predicted molar refractivity (Wildman–Crippen MR) is 119 cm³/mol. The van der Waals surface area contributed by atoms with Crippen molar-refractivity contribution in [2.45, 2.75) is 19.8 Å². The minimum absolute atomic E-state index is 0.157. The molecule has 0 saturated carbocycles. The maximum absolute atomic E-state index is 13.7. The number of hydrogen-bond donors (Lipinski definition) is 1. The summed E-state index contributed by atoms with van der Waals surface area (Å²) in [5.41, 5.74) is 10.1. The largest absolute Gasteiger partial charge is 0.399 e. The van der Waals surface area contributed by atoms with Crippen LogP contribution in [0.15, 0.2) is 79.1 Å². The molecule has 3 aromatic carbocycles. The van der Waals surface area contributed by atoms with Gasteiger partial charge in [-0.15, -0.1) is 0 Å². The van der Waals surface area contributed by atoms with Crippen LogP contribution in [-0.2, 0) is 7.05 Å². The van der Waals surface area contributed by atoms with E-state index < -0.39 is 0 Å². The van der Waals surface area contributed by atoms with Crippen LogP contribution >= 0.6 is 0 Å². The van der Waals surface area contributed by atoms with Gasteiger partial charge in [0.2, 0.25) is 0 Å². The van der Waals surface area contributed by atoms with E-state index in [4.69, 9.17) is 5.73 Å². The summed E-state index contributed by atoms with van der Waals surface area (Å²) in [5, 5.41) is 3.97. The highest BCUT2D eigenvalue weighted by molar-refractivity contribution is 5.67. The zero-order chi connectivity index (χ0) is 21.7. The van der Waals surface area contributed by atoms with Crippen LogP contribution in [0.2, 0.25) is 0 Å². The summed E-state index contributed by atoms with van der Waals surface area (Å²) in [6.07, 6.45) is 3.36. The van der Waals surface area contributed by atoms with Gasteiger partial charge >= 0.3 is 0 Å². The van der Waals surface area contributed by atoms with Crippen LogP contribution in [0.5, 0.6) is 0 Å². The molecule has 0 radical (unpaired) electrons. The van der Waals surface area contributed by atoms with Gasteiger partial charge in [0, 0.05) is 35.6 Å². The van der Waals surface area contributed by atoms with Crippen molar-refractivity contribution in [2.75, 3.05) is 5.73 Å². The van der Waals surface area contributed by atoms with Gasteiger partial charge in [0.1, 0.15) is 11.6 Å². The van der Waals surface area contributed by atoms with Crippen LogP contribution in [0.25, 0.3) is 22.3 Å². The van der Waals surface area contributed by atoms with Crippen LogP contribution in [0.3, 0.4) is 0 Å². The van der Waals surface area contributed by atoms with Gasteiger partial charge in [-0.1, -0.05) is 50.2 Å². The average molecular weight is 405 g/mol. The number of halogens is 2. The van der Waals surface area contributed by atoms with Gasteiger partial charge in [-0.05, 0) is 47.4 Å². The van der Waals surface area contributed by atoms with E-state index in [9.17, 15) is 8.78 Å². The zero-order valence-corrected chi connectivity index (χ0v) is 17.3. The van der Waals surface area contributed by atoms with Gasteiger partial charge in [-0.3, -0.25) is 4.68 Å². The molecule has 0 spiro atoms. The van der Waals surface area contributed by atoms with Crippen LogP contribution in [0, 0.1) is 11.6 Å². The third-order valence-electron chi connectivity index (χ3n) is 4.75. The first kappa shape index (κ1) is 21.2. The molecule has 5 heteroatoms. The summed E-state index contributed by atoms with van der Waals surface area (Å²) in [7, 11) is 1.79. The van der Waals surface area contributed by atoms with Crippen molar-refractivity contribution in [1.82, 2.24) is 9.78 Å². The molecule has 4 aromatic rings. The number of nitrogens with two attached hydrogens (primary N) is 1. The fourth-order valence-electron chi connectivity index (χ4n) is 3.07. The van der Waals surface area contributed by atoms with E-state index in [2.05, 4.69) is 18.9 Å². The van der Waals surface area contributed by atoms with Gasteiger partial charge in [0.25, 0.3) is 0 Å². The lowest BCUT2D eigenvalue weighted by Crippen LogP contribution is -1.91. The van der Waals surface area contributed by atoms with Crippen molar-refractivity contribution >= 4 is 5.69 Å². The number of nitrogen functional groups attached to an aromatic ring is 1. The van der Waals surface area contributed by atoms with Crippen LogP contribution in [0.1, 0.15) is 25.3 Å². The Kier molecular flexibility index (Phi) is 6.62. The number of benzene rings is 3. The number of nitrogens with zero attached hydrogens (tertiary/aromatic N) is 2. The smallest absolute Gasteiger partial charge is 0.131 e. The molecule has 0 aliphatic carbocycles. The van der Waals surface area contributed by atoms with E-state index in [0.717, 1.165) is 11.1 Å². The number of aryl methyl sites for hydroxylation is 1. The van der Waals surface area contributed by atoms with Crippen molar-refractivity contribution in [1.29, 1.82) is 0 Å². The molecular weight excluding hydrogens is 380 g/mol. The number of anilines is 1. The highest BCUT2D eigenvalue weighted by Crippen LogP contribution is 2.27. The van der Waals surface area contributed by atoms with Crippen LogP contribution < -0.4 is 5.73 Å². The summed E-state index contributed by atoms with van der Waals surface area (Å²) >= 11 is 0. The normalized spacial score (nSPS) is 10.6. The molecule has 154 valence electrons. The Labute approximate surface area is 175 Å². The molecule has 30 heavy (non-hydrogen) atoms. The monoisotopic (exact) mass is 405 g/mol. The van der Waals surface area contributed by atoms with Gasteiger partial charge < -0.3 is 5.73 Å². The first-order valence-electron chi connectivity index (χ1n) is 9.74. The first-order chi connectivity index (χ1) is 14.3. The lowest BCUT2D eigenvalue weighted by molar-refractivity contribution is 0.629. The third-order valence-corrected chi connectivity index (χ3v) is 4.75. The highest BCUT2D eigenvalue weighted by Gasteiger charge is 2.08. The van der Waals surface area contributed by atoms with Gasteiger partial charge in [0.05, 0.1) is 6.20 Å². The minimum Gasteiger partial charge on any atom is -0.399 e. The van der Waals surface area contributed by atoms with E-state index in [0.29, 0.717) is 22.7 Å². The second-order valence-corrected chi connectivity index (χ2v) is 7.40. The molecule has 0 aliphatic heterocycles. The molecule has 0 saturated heterocycles. The topological polar surface area (TPSA) is 43.8 Å². The Hall–Kier alpha value is -3.47. The lowest BCUT2D eigenvalue weighted by Gasteiger charge is -2.09. The molecule has 3 nitrogen and oxygen atoms in total. The van der Waals surface area contributed by atoms with E-state index in [1.807, 2.05) is 42.5 Å². The maximum Gasteiger partial charge on any atom is 0.131 e. The van der Waals surface area contributed by atoms with Crippen molar-refractivity contribution in [3.05, 3.63) is 96.3 Å².